The van der Waals surface area contributed by atoms with Gasteiger partial charge in [0.1, 0.15) is 11.5 Å². The molecule has 0 spiro atoms. The van der Waals surface area contributed by atoms with Crippen molar-refractivity contribution >= 4 is 10.8 Å². The maximum Gasteiger partial charge on any atom is 0.127 e. The van der Waals surface area contributed by atoms with Gasteiger partial charge in [0.05, 0.1) is 13.2 Å². The predicted octanol–water partition coefficient (Wildman–Crippen LogP) is 11.1. The highest BCUT2D eigenvalue weighted by molar-refractivity contribution is 6.06. The van der Waals surface area contributed by atoms with Gasteiger partial charge in [-0.25, -0.2) is 0 Å². The fourth-order valence-electron chi connectivity index (χ4n) is 6.39. The molecule has 0 saturated heterocycles. The molecule has 216 valence electrons. The zero-order valence-corrected chi connectivity index (χ0v) is 25.8. The van der Waals surface area contributed by atoms with Crippen LogP contribution in [0.4, 0.5) is 0 Å². The lowest BCUT2D eigenvalue weighted by Crippen LogP contribution is -2.05. The molecule has 2 heteroatoms. The number of rotatable bonds is 15. The fraction of sp³-hybridized carbons (Fsp3) is 0.436. The number of ether oxygens (including phenoxy) is 2. The summed E-state index contributed by atoms with van der Waals surface area (Å²) in [5.41, 5.74) is 11.6. The molecule has 0 radical (unpaired) electrons. The van der Waals surface area contributed by atoms with Gasteiger partial charge in [-0.05, 0) is 108 Å². The van der Waals surface area contributed by atoms with E-state index in [1.807, 2.05) is 0 Å². The first-order valence-electron chi connectivity index (χ1n) is 16.3. The topological polar surface area (TPSA) is 18.5 Å². The molecular weight excluding hydrogens is 500 g/mol. The second kappa shape index (κ2) is 14.1. The smallest absolute Gasteiger partial charge is 0.127 e. The average molecular weight is 549 g/mol. The van der Waals surface area contributed by atoms with Crippen molar-refractivity contribution in [3.63, 3.8) is 0 Å². The van der Waals surface area contributed by atoms with Gasteiger partial charge < -0.3 is 9.47 Å². The van der Waals surface area contributed by atoms with Gasteiger partial charge in [-0.15, -0.1) is 0 Å². The lowest BCUT2D eigenvalue weighted by atomic mass is 9.82. The van der Waals surface area contributed by atoms with E-state index >= 15 is 0 Å². The first kappa shape index (κ1) is 29.2. The number of fused-ring (bicyclic) bond motifs is 4. The first-order valence-corrected chi connectivity index (χ1v) is 16.3. The van der Waals surface area contributed by atoms with Crippen molar-refractivity contribution in [2.75, 3.05) is 13.2 Å². The summed E-state index contributed by atoms with van der Waals surface area (Å²) < 4.78 is 12.9. The van der Waals surface area contributed by atoms with E-state index < -0.39 is 0 Å². The Morgan fingerprint density at radius 2 is 1.32 bits per heavy atom. The van der Waals surface area contributed by atoms with Crippen LogP contribution in [0.15, 0.2) is 60.7 Å². The van der Waals surface area contributed by atoms with Gasteiger partial charge in [0.25, 0.3) is 0 Å². The summed E-state index contributed by atoms with van der Waals surface area (Å²) in [6.45, 7) is 10.5. The molecule has 1 aliphatic rings. The monoisotopic (exact) mass is 548 g/mol. The summed E-state index contributed by atoms with van der Waals surface area (Å²) in [4.78, 5) is 0. The molecule has 0 bridgehead atoms. The van der Waals surface area contributed by atoms with Gasteiger partial charge in [0, 0.05) is 10.8 Å². The van der Waals surface area contributed by atoms with Crippen LogP contribution in [-0.4, -0.2) is 13.2 Å². The summed E-state index contributed by atoms with van der Waals surface area (Å²) in [5, 5.41) is 2.37. The van der Waals surface area contributed by atoms with Crippen LogP contribution in [0.1, 0.15) is 101 Å². The predicted molar refractivity (Wildman–Crippen MR) is 176 cm³/mol. The molecule has 0 atom stereocenters. The van der Waals surface area contributed by atoms with Crippen LogP contribution in [-0.2, 0) is 19.3 Å². The molecule has 0 saturated carbocycles. The minimum atomic E-state index is 0.735. The van der Waals surface area contributed by atoms with E-state index in [-0.39, 0.29) is 0 Å². The Labute approximate surface area is 248 Å². The Morgan fingerprint density at radius 1 is 0.610 bits per heavy atom. The van der Waals surface area contributed by atoms with Gasteiger partial charge >= 0.3 is 0 Å². The van der Waals surface area contributed by atoms with Crippen molar-refractivity contribution in [2.24, 2.45) is 0 Å². The largest absolute Gasteiger partial charge is 0.493 e. The number of aryl methyl sites for hydroxylation is 1. The first-order chi connectivity index (χ1) is 20.2. The van der Waals surface area contributed by atoms with Gasteiger partial charge in [0.2, 0.25) is 0 Å². The quantitative estimate of drug-likeness (QED) is 0.121. The number of benzene rings is 4. The lowest BCUT2D eigenvalue weighted by molar-refractivity contribution is 0.310. The van der Waals surface area contributed by atoms with Crippen LogP contribution in [0.25, 0.3) is 33.0 Å². The highest BCUT2D eigenvalue weighted by atomic mass is 16.5. The molecule has 5 rings (SSSR count). The third kappa shape index (κ3) is 6.17. The van der Waals surface area contributed by atoms with Gasteiger partial charge in [-0.1, -0.05) is 95.8 Å². The SMILES string of the molecule is CCCCOc1ccc(-c2c(CCCC)c(CCCC)cc3c2Cc2ccccc2-3)c2c(OCCCC)cccc12. The standard InChI is InChI=1S/C39H48O2/c1-5-9-16-29-26-34-30-19-14-13-17-28(30)27-35(34)38(31(29)18-10-6-2)33-22-23-36(40-24-11-7-3)32-20-15-21-37(39(32)33)41-25-12-8-4/h13-15,17,19-23,26H,5-12,16,18,24-25,27H2,1-4H3. The molecule has 4 aromatic carbocycles. The number of hydrogen-bond donors (Lipinski definition) is 0. The van der Waals surface area contributed by atoms with Crippen molar-refractivity contribution in [2.45, 2.75) is 98.3 Å². The summed E-state index contributed by atoms with van der Waals surface area (Å²) in [7, 11) is 0. The highest BCUT2D eigenvalue weighted by Crippen LogP contribution is 2.49. The lowest BCUT2D eigenvalue weighted by Gasteiger charge is -2.23. The molecule has 41 heavy (non-hydrogen) atoms. The highest BCUT2D eigenvalue weighted by Gasteiger charge is 2.27. The minimum Gasteiger partial charge on any atom is -0.493 e. The van der Waals surface area contributed by atoms with Crippen LogP contribution in [0, 0.1) is 0 Å². The third-order valence-electron chi connectivity index (χ3n) is 8.63. The second-order valence-corrected chi connectivity index (χ2v) is 11.7. The molecule has 4 aromatic rings. The molecule has 0 fully saturated rings. The molecule has 0 aliphatic heterocycles. The van der Waals surface area contributed by atoms with Gasteiger partial charge in [0.15, 0.2) is 0 Å². The van der Waals surface area contributed by atoms with Gasteiger partial charge in [-0.2, -0.15) is 0 Å². The summed E-state index contributed by atoms with van der Waals surface area (Å²) in [6.07, 6.45) is 12.4. The summed E-state index contributed by atoms with van der Waals surface area (Å²) >= 11 is 0. The molecule has 1 aliphatic carbocycles. The van der Waals surface area contributed by atoms with E-state index in [0.717, 1.165) is 75.0 Å². The van der Waals surface area contributed by atoms with E-state index in [4.69, 9.17) is 9.47 Å². The maximum atomic E-state index is 6.54. The van der Waals surface area contributed by atoms with Crippen molar-refractivity contribution in [1.82, 2.24) is 0 Å². The molecular formula is C39H48O2. The Hall–Kier alpha value is -3.26. The maximum absolute atomic E-state index is 6.54. The summed E-state index contributed by atoms with van der Waals surface area (Å²) in [6, 6.07) is 22.7. The van der Waals surface area contributed by atoms with Crippen LogP contribution in [0.5, 0.6) is 11.5 Å². The van der Waals surface area contributed by atoms with Gasteiger partial charge in [-0.3, -0.25) is 0 Å². The third-order valence-corrected chi connectivity index (χ3v) is 8.63. The Bertz CT molecular complexity index is 1460. The average Bonchev–Trinajstić information content (AvgIpc) is 3.37. The van der Waals surface area contributed by atoms with E-state index in [0.29, 0.717) is 0 Å². The van der Waals surface area contributed by atoms with Crippen molar-refractivity contribution in [3.05, 3.63) is 82.9 Å². The number of unbranched alkanes of at least 4 members (excludes halogenated alkanes) is 4. The van der Waals surface area contributed by atoms with Crippen molar-refractivity contribution in [3.8, 4) is 33.8 Å². The van der Waals surface area contributed by atoms with Crippen molar-refractivity contribution in [1.29, 1.82) is 0 Å². The Balaban J connectivity index is 1.79. The van der Waals surface area contributed by atoms with Crippen LogP contribution < -0.4 is 9.47 Å². The molecule has 0 unspecified atom stereocenters. The van der Waals surface area contributed by atoms with Crippen LogP contribution in [0.2, 0.25) is 0 Å². The minimum absolute atomic E-state index is 0.735. The van der Waals surface area contributed by atoms with E-state index in [1.54, 1.807) is 5.56 Å². The second-order valence-electron chi connectivity index (χ2n) is 11.7. The van der Waals surface area contributed by atoms with E-state index in [9.17, 15) is 0 Å². The molecule has 0 N–H and O–H groups in total. The van der Waals surface area contributed by atoms with E-state index in [1.165, 1.54) is 70.0 Å². The van der Waals surface area contributed by atoms with Crippen LogP contribution in [0.3, 0.4) is 0 Å². The van der Waals surface area contributed by atoms with Crippen LogP contribution >= 0.6 is 0 Å². The zero-order chi connectivity index (χ0) is 28.6. The normalized spacial score (nSPS) is 12.0. The number of hydrogen-bond acceptors (Lipinski definition) is 2. The Morgan fingerprint density at radius 3 is 2.07 bits per heavy atom. The molecule has 0 heterocycles. The molecule has 0 aromatic heterocycles. The van der Waals surface area contributed by atoms with E-state index in [2.05, 4.69) is 88.4 Å². The Kier molecular flexibility index (Phi) is 10.0. The zero-order valence-electron chi connectivity index (χ0n) is 25.8. The summed E-state index contributed by atoms with van der Waals surface area (Å²) in [5.74, 6) is 1.95. The molecule has 0 amide bonds. The van der Waals surface area contributed by atoms with Crippen molar-refractivity contribution < 1.29 is 9.47 Å². The molecule has 2 nitrogen and oxygen atoms in total. The fourth-order valence-corrected chi connectivity index (χ4v) is 6.39.